The Morgan fingerprint density at radius 3 is 1.78 bits per heavy atom. The van der Waals surface area contributed by atoms with Crippen LogP contribution in [0.3, 0.4) is 0 Å². The van der Waals surface area contributed by atoms with Crippen molar-refractivity contribution >= 4 is 29.8 Å². The molecule has 0 saturated carbocycles. The van der Waals surface area contributed by atoms with Gasteiger partial charge in [-0.25, -0.2) is 9.59 Å². The molecule has 12 heteroatoms. The van der Waals surface area contributed by atoms with Crippen molar-refractivity contribution in [1.29, 1.82) is 0 Å². The van der Waals surface area contributed by atoms with Crippen LogP contribution in [0.5, 0.6) is 0 Å². The van der Waals surface area contributed by atoms with Gasteiger partial charge >= 0.3 is 12.1 Å². The highest BCUT2D eigenvalue weighted by Gasteiger charge is 2.29. The number of benzene rings is 4. The molecule has 0 heterocycles. The molecule has 4 aromatic rings. The van der Waals surface area contributed by atoms with Crippen molar-refractivity contribution in [2.45, 2.75) is 30.9 Å². The first-order valence-corrected chi connectivity index (χ1v) is 16.1. The van der Waals surface area contributed by atoms with E-state index in [4.69, 9.17) is 9.47 Å². The minimum absolute atomic E-state index is 0.0871. The molecular weight excluding hydrogens is 640 g/mol. The third-order valence-electron chi connectivity index (χ3n) is 8.19. The number of hydrogen-bond acceptors (Lipinski definition) is 7. The molecule has 12 nitrogen and oxygen atoms in total. The van der Waals surface area contributed by atoms with E-state index in [1.807, 2.05) is 60.7 Å². The zero-order valence-electron chi connectivity index (χ0n) is 27.2. The van der Waals surface area contributed by atoms with Gasteiger partial charge in [-0.2, -0.15) is 0 Å². The minimum Gasteiger partial charge on any atom is -0.479 e. The second-order valence-corrected chi connectivity index (χ2v) is 11.6. The van der Waals surface area contributed by atoms with Gasteiger partial charge in [-0.05, 0) is 33.4 Å². The smallest absolute Gasteiger partial charge is 0.407 e. The number of rotatable bonds is 16. The van der Waals surface area contributed by atoms with E-state index in [-0.39, 0.29) is 25.4 Å². The number of carboxylic acid groups (broad SMARTS) is 1. The SMILES string of the molecule is O=C(CNC(=O)OCC1c2ccccc2-c2ccccc21)NCC(=O)N[C@@H](Cc1ccccc1)C(=O)NCOC(Cc1ccccc1)C(=O)O. The van der Waals surface area contributed by atoms with Crippen LogP contribution < -0.4 is 21.3 Å². The lowest BCUT2D eigenvalue weighted by Crippen LogP contribution is -2.51. The highest BCUT2D eigenvalue weighted by molar-refractivity contribution is 5.91. The molecule has 5 N–H and O–H groups in total. The maximum atomic E-state index is 13.1. The van der Waals surface area contributed by atoms with Gasteiger partial charge in [0.1, 0.15) is 25.9 Å². The zero-order valence-corrected chi connectivity index (χ0v) is 27.2. The van der Waals surface area contributed by atoms with E-state index in [9.17, 15) is 29.1 Å². The van der Waals surface area contributed by atoms with E-state index >= 15 is 0 Å². The van der Waals surface area contributed by atoms with Crippen molar-refractivity contribution in [3.63, 3.8) is 0 Å². The third-order valence-corrected chi connectivity index (χ3v) is 8.19. The topological polar surface area (TPSA) is 172 Å². The van der Waals surface area contributed by atoms with Crippen LogP contribution in [0.4, 0.5) is 4.79 Å². The van der Waals surface area contributed by atoms with Crippen LogP contribution in [0.2, 0.25) is 0 Å². The number of carboxylic acids is 1. The maximum Gasteiger partial charge on any atom is 0.407 e. The first-order chi connectivity index (χ1) is 24.3. The molecular formula is C38H38N4O8. The summed E-state index contributed by atoms with van der Waals surface area (Å²) >= 11 is 0. The standard InChI is InChI=1S/C38H38N4O8/c43-34(21-40-38(48)49-23-31-29-17-9-7-15-27(29)28-16-8-10-18-30(28)31)39-22-35(44)42-32(19-25-11-3-1-4-12-25)36(45)41-24-50-33(37(46)47)20-26-13-5-2-6-14-26/h1-18,31-33H,19-24H2,(H,39,43)(H,40,48)(H,41,45)(H,42,44)(H,46,47)/t32-,33?/m0/s1. The normalized spacial score (nSPS) is 12.8. The summed E-state index contributed by atoms with van der Waals surface area (Å²) < 4.78 is 10.9. The van der Waals surface area contributed by atoms with E-state index < -0.39 is 61.8 Å². The molecule has 4 aromatic carbocycles. The van der Waals surface area contributed by atoms with Crippen molar-refractivity contribution in [2.75, 3.05) is 26.4 Å². The Hall–Kier alpha value is -6.01. The van der Waals surface area contributed by atoms with Gasteiger partial charge in [0.15, 0.2) is 6.10 Å². The van der Waals surface area contributed by atoms with Gasteiger partial charge in [-0.1, -0.05) is 109 Å². The average Bonchev–Trinajstić information content (AvgIpc) is 3.45. The summed E-state index contributed by atoms with van der Waals surface area (Å²) in [6, 6.07) is 32.7. The van der Waals surface area contributed by atoms with E-state index in [1.54, 1.807) is 48.5 Å². The van der Waals surface area contributed by atoms with E-state index in [2.05, 4.69) is 21.3 Å². The fraction of sp³-hybridized carbons (Fsp3) is 0.237. The van der Waals surface area contributed by atoms with Gasteiger partial charge in [0, 0.05) is 18.8 Å². The number of ether oxygens (including phenoxy) is 2. The highest BCUT2D eigenvalue weighted by atomic mass is 16.5. The Labute approximate surface area is 289 Å². The van der Waals surface area contributed by atoms with Crippen LogP contribution in [0.15, 0.2) is 109 Å². The van der Waals surface area contributed by atoms with Gasteiger partial charge < -0.3 is 35.8 Å². The fourth-order valence-corrected chi connectivity index (χ4v) is 5.73. The van der Waals surface area contributed by atoms with Crippen LogP contribution >= 0.6 is 0 Å². The zero-order chi connectivity index (χ0) is 35.3. The number of hydrogen-bond donors (Lipinski definition) is 5. The number of carbonyl (C=O) groups is 5. The Morgan fingerprint density at radius 1 is 0.640 bits per heavy atom. The van der Waals surface area contributed by atoms with Gasteiger partial charge in [-0.3, -0.25) is 14.4 Å². The lowest BCUT2D eigenvalue weighted by atomic mass is 9.98. The van der Waals surface area contributed by atoms with Crippen molar-refractivity contribution in [3.05, 3.63) is 131 Å². The van der Waals surface area contributed by atoms with Gasteiger partial charge in [0.25, 0.3) is 0 Å². The summed E-state index contributed by atoms with van der Waals surface area (Å²) in [5.74, 6) is -3.20. The minimum atomic E-state index is -1.20. The summed E-state index contributed by atoms with van der Waals surface area (Å²) in [6.07, 6.45) is -1.74. The molecule has 0 aromatic heterocycles. The summed E-state index contributed by atoms with van der Waals surface area (Å²) in [7, 11) is 0. The van der Waals surface area contributed by atoms with Crippen LogP contribution in [-0.4, -0.2) is 73.5 Å². The molecule has 0 aliphatic heterocycles. The number of amides is 4. The molecule has 50 heavy (non-hydrogen) atoms. The molecule has 0 saturated heterocycles. The van der Waals surface area contributed by atoms with Crippen LogP contribution in [-0.2, 0) is 41.5 Å². The first kappa shape index (κ1) is 35.3. The molecule has 2 atom stereocenters. The fourth-order valence-electron chi connectivity index (χ4n) is 5.73. The number of fused-ring (bicyclic) bond motifs is 3. The third kappa shape index (κ3) is 9.77. The average molecular weight is 679 g/mol. The quantitative estimate of drug-likeness (QED) is 0.113. The molecule has 4 amide bonds. The van der Waals surface area contributed by atoms with Gasteiger partial charge in [0.05, 0.1) is 6.54 Å². The predicted molar refractivity (Wildman–Crippen MR) is 184 cm³/mol. The molecule has 5 rings (SSSR count). The largest absolute Gasteiger partial charge is 0.479 e. The number of alkyl carbamates (subject to hydrolysis) is 1. The Kier molecular flexibility index (Phi) is 12.3. The maximum absolute atomic E-state index is 13.1. The van der Waals surface area contributed by atoms with E-state index in [0.717, 1.165) is 33.4 Å². The van der Waals surface area contributed by atoms with Gasteiger partial charge in [0.2, 0.25) is 17.7 Å². The number of nitrogens with one attached hydrogen (secondary N) is 4. The van der Waals surface area contributed by atoms with Gasteiger partial charge in [-0.15, -0.1) is 0 Å². The summed E-state index contributed by atoms with van der Waals surface area (Å²) in [4.78, 5) is 62.5. The molecule has 0 radical (unpaired) electrons. The number of aliphatic carboxylic acids is 1. The summed E-state index contributed by atoms with van der Waals surface area (Å²) in [6.45, 7) is -1.20. The van der Waals surface area contributed by atoms with Crippen molar-refractivity contribution < 1.29 is 38.6 Å². The molecule has 0 bridgehead atoms. The highest BCUT2D eigenvalue weighted by Crippen LogP contribution is 2.44. The molecule has 258 valence electrons. The molecule has 1 aliphatic carbocycles. The van der Waals surface area contributed by atoms with Crippen molar-refractivity contribution in [1.82, 2.24) is 21.3 Å². The van der Waals surface area contributed by atoms with Crippen LogP contribution in [0.1, 0.15) is 28.2 Å². The van der Waals surface area contributed by atoms with E-state index in [0.29, 0.717) is 0 Å². The first-order valence-electron chi connectivity index (χ1n) is 16.1. The Bertz CT molecular complexity index is 1760. The second-order valence-electron chi connectivity index (χ2n) is 11.6. The lowest BCUT2D eigenvalue weighted by molar-refractivity contribution is -0.152. The Balaban J connectivity index is 1.06. The van der Waals surface area contributed by atoms with Crippen molar-refractivity contribution in [2.24, 2.45) is 0 Å². The monoisotopic (exact) mass is 678 g/mol. The van der Waals surface area contributed by atoms with Crippen LogP contribution in [0.25, 0.3) is 11.1 Å². The molecule has 1 aliphatic rings. The molecule has 0 spiro atoms. The number of carbonyl (C=O) groups excluding carboxylic acids is 4. The summed E-state index contributed by atoms with van der Waals surface area (Å²) in [5.41, 5.74) is 5.83. The van der Waals surface area contributed by atoms with Crippen LogP contribution in [0, 0.1) is 0 Å². The summed E-state index contributed by atoms with van der Waals surface area (Å²) in [5, 5.41) is 19.5. The predicted octanol–water partition coefficient (Wildman–Crippen LogP) is 3.16. The molecule has 1 unspecified atom stereocenters. The lowest BCUT2D eigenvalue weighted by Gasteiger charge is -2.20. The van der Waals surface area contributed by atoms with E-state index in [1.165, 1.54) is 0 Å². The Morgan fingerprint density at radius 2 is 1.18 bits per heavy atom. The molecule has 0 fully saturated rings. The van der Waals surface area contributed by atoms with Crippen molar-refractivity contribution in [3.8, 4) is 11.1 Å². The second kappa shape index (κ2) is 17.4.